The third-order valence-corrected chi connectivity index (χ3v) is 15.3. The van der Waals surface area contributed by atoms with Gasteiger partial charge in [0.1, 0.15) is 0 Å². The summed E-state index contributed by atoms with van der Waals surface area (Å²) in [7, 11) is 0. The molecule has 0 amide bonds. The van der Waals surface area contributed by atoms with E-state index in [1.807, 2.05) is 0 Å². The van der Waals surface area contributed by atoms with Crippen LogP contribution in [0.3, 0.4) is 0 Å². The van der Waals surface area contributed by atoms with E-state index in [0.29, 0.717) is 0 Å². The minimum Gasteiger partial charge on any atom is -0.374 e. The molecule has 15 aromatic rings. The summed E-state index contributed by atoms with van der Waals surface area (Å²) < 4.78 is 5.03. The number of aromatic nitrogens is 2. The fraction of sp³-hybridized carbons (Fsp3) is 0.0154. The fourth-order valence-corrected chi connectivity index (χ4v) is 12.3. The first kappa shape index (κ1) is 36.3. The van der Waals surface area contributed by atoms with Gasteiger partial charge >= 0.3 is 0 Å². The normalized spacial score (nSPS) is 14.6. The van der Waals surface area contributed by atoms with E-state index in [2.05, 4.69) is 239 Å². The molecule has 2 aromatic heterocycles. The second-order valence-electron chi connectivity index (χ2n) is 18.9. The third kappa shape index (κ3) is 4.97. The highest BCUT2D eigenvalue weighted by Gasteiger charge is 2.26. The van der Waals surface area contributed by atoms with Crippen LogP contribution < -0.4 is 5.32 Å². The molecule has 13 aromatic carbocycles. The smallest absolute Gasteiger partial charge is 0.0721 e. The van der Waals surface area contributed by atoms with Crippen LogP contribution in [0, 0.1) is 0 Å². The van der Waals surface area contributed by atoms with Crippen LogP contribution in [0.4, 0.5) is 0 Å². The van der Waals surface area contributed by atoms with Crippen LogP contribution in [-0.2, 0) is 0 Å². The van der Waals surface area contributed by atoms with Gasteiger partial charge in [0.15, 0.2) is 0 Å². The largest absolute Gasteiger partial charge is 0.374 e. The molecule has 1 aliphatic heterocycles. The summed E-state index contributed by atoms with van der Waals surface area (Å²) in [6.07, 6.45) is 4.87. The van der Waals surface area contributed by atoms with E-state index in [0.717, 1.165) is 17.1 Å². The van der Waals surface area contributed by atoms with Gasteiger partial charge in [0.2, 0.25) is 0 Å². The lowest BCUT2D eigenvalue weighted by molar-refractivity contribution is 0.764. The predicted octanol–water partition coefficient (Wildman–Crippen LogP) is 17.1. The molecule has 1 atom stereocenters. The Bertz CT molecular complexity index is 4580. The lowest BCUT2D eigenvalue weighted by Gasteiger charge is -2.27. The molecular weight excluding hydrogens is 823 g/mol. The molecule has 1 N–H and O–H groups in total. The summed E-state index contributed by atoms with van der Waals surface area (Å²) in [6.45, 7) is 0. The SMILES string of the molecule is C1=C(c2cc3ccc4cccc5ccc(c2)c3c45)NC(c2cc3ccc4cccc5ccc(c2)c3c45)C=C1n1c2ccccc2c2ccc3c(c4ccccc4n3-c3ccc4ccccc4c3)c21. The Balaban J connectivity index is 0.986. The van der Waals surface area contributed by atoms with Gasteiger partial charge in [-0.2, -0.15) is 0 Å². The number of dihydropyridines is 1. The van der Waals surface area contributed by atoms with Gasteiger partial charge in [0, 0.05) is 38.6 Å². The number of benzene rings is 13. The summed E-state index contributed by atoms with van der Waals surface area (Å²) in [5, 5.41) is 27.1. The number of hydrogen-bond acceptors (Lipinski definition) is 1. The van der Waals surface area contributed by atoms with Crippen molar-refractivity contribution in [3.63, 3.8) is 0 Å². The second kappa shape index (κ2) is 13.3. The highest BCUT2D eigenvalue weighted by molar-refractivity contribution is 6.28. The molecular formula is C65H39N3. The molecule has 0 saturated heterocycles. The minimum absolute atomic E-state index is 0.132. The number of rotatable bonds is 4. The van der Waals surface area contributed by atoms with Crippen molar-refractivity contribution in [2.24, 2.45) is 0 Å². The zero-order valence-corrected chi connectivity index (χ0v) is 36.8. The van der Waals surface area contributed by atoms with Crippen LogP contribution in [0.25, 0.3) is 136 Å². The van der Waals surface area contributed by atoms with Gasteiger partial charge in [0.25, 0.3) is 0 Å². The van der Waals surface area contributed by atoms with Gasteiger partial charge < -0.3 is 14.5 Å². The van der Waals surface area contributed by atoms with Crippen LogP contribution >= 0.6 is 0 Å². The zero-order valence-electron chi connectivity index (χ0n) is 36.8. The van der Waals surface area contributed by atoms with Crippen LogP contribution in [0.1, 0.15) is 17.2 Å². The maximum atomic E-state index is 4.14. The highest BCUT2D eigenvalue weighted by Crippen LogP contribution is 2.45. The number of nitrogens with one attached hydrogen (secondary N) is 1. The first-order valence-electron chi connectivity index (χ1n) is 23.7. The molecule has 0 fully saturated rings. The van der Waals surface area contributed by atoms with Crippen molar-refractivity contribution in [3.05, 3.63) is 236 Å². The first-order valence-corrected chi connectivity index (χ1v) is 23.7. The van der Waals surface area contributed by atoms with Crippen LogP contribution in [0.15, 0.2) is 224 Å². The minimum atomic E-state index is -0.132. The van der Waals surface area contributed by atoms with E-state index in [-0.39, 0.29) is 6.04 Å². The summed E-state index contributed by atoms with van der Waals surface area (Å²) in [6, 6.07) is 79.3. The van der Waals surface area contributed by atoms with E-state index < -0.39 is 0 Å². The predicted molar refractivity (Wildman–Crippen MR) is 290 cm³/mol. The summed E-state index contributed by atoms with van der Waals surface area (Å²) in [4.78, 5) is 0. The van der Waals surface area contributed by atoms with Gasteiger partial charge in [-0.15, -0.1) is 0 Å². The molecule has 0 radical (unpaired) electrons. The molecule has 0 spiro atoms. The molecule has 3 nitrogen and oxygen atoms in total. The number of fused-ring (bicyclic) bond motifs is 8. The average molecular weight is 862 g/mol. The topological polar surface area (TPSA) is 21.9 Å². The number of para-hydroxylation sites is 2. The van der Waals surface area contributed by atoms with Crippen LogP contribution in [-0.4, -0.2) is 9.13 Å². The molecule has 0 saturated carbocycles. The molecule has 0 bridgehead atoms. The maximum Gasteiger partial charge on any atom is 0.0721 e. The molecule has 16 rings (SSSR count). The Hall–Kier alpha value is -8.92. The first-order chi connectivity index (χ1) is 33.7. The van der Waals surface area contributed by atoms with Crippen molar-refractivity contribution in [1.82, 2.24) is 14.5 Å². The van der Waals surface area contributed by atoms with E-state index >= 15 is 0 Å². The lowest BCUT2D eigenvalue weighted by Crippen LogP contribution is -2.23. The molecule has 1 unspecified atom stereocenters. The second-order valence-corrected chi connectivity index (χ2v) is 18.9. The molecule has 314 valence electrons. The lowest BCUT2D eigenvalue weighted by atomic mass is 9.89. The van der Waals surface area contributed by atoms with E-state index in [1.165, 1.54) is 130 Å². The van der Waals surface area contributed by atoms with Gasteiger partial charge in [-0.05, 0) is 153 Å². The molecule has 3 heterocycles. The van der Waals surface area contributed by atoms with Crippen molar-refractivity contribution < 1.29 is 0 Å². The van der Waals surface area contributed by atoms with Crippen molar-refractivity contribution in [1.29, 1.82) is 0 Å². The monoisotopic (exact) mass is 861 g/mol. The molecule has 3 heteroatoms. The highest BCUT2D eigenvalue weighted by atomic mass is 15.0. The van der Waals surface area contributed by atoms with Crippen molar-refractivity contribution >= 4 is 130 Å². The molecule has 0 aliphatic carbocycles. The number of nitrogens with zero attached hydrogens (tertiary/aromatic N) is 2. The maximum absolute atomic E-state index is 4.14. The summed E-state index contributed by atoms with van der Waals surface area (Å²) in [5.74, 6) is 0. The van der Waals surface area contributed by atoms with Crippen molar-refractivity contribution in [3.8, 4) is 5.69 Å². The van der Waals surface area contributed by atoms with Gasteiger partial charge in [0.05, 0.1) is 28.1 Å². The van der Waals surface area contributed by atoms with Crippen LogP contribution in [0.5, 0.6) is 0 Å². The zero-order chi connectivity index (χ0) is 44.2. The van der Waals surface area contributed by atoms with E-state index in [9.17, 15) is 0 Å². The molecule has 1 aliphatic rings. The Kier molecular flexibility index (Phi) is 7.13. The summed E-state index contributed by atoms with van der Waals surface area (Å²) >= 11 is 0. The quantitative estimate of drug-likeness (QED) is 0.175. The number of hydrogen-bond donors (Lipinski definition) is 1. The van der Waals surface area contributed by atoms with Crippen molar-refractivity contribution in [2.75, 3.05) is 0 Å². The van der Waals surface area contributed by atoms with E-state index in [4.69, 9.17) is 0 Å². The Labute approximate surface area is 390 Å². The Morgan fingerprint density at radius 2 is 0.853 bits per heavy atom. The summed E-state index contributed by atoms with van der Waals surface area (Å²) in [5.41, 5.74) is 10.6. The van der Waals surface area contributed by atoms with Gasteiger partial charge in [-0.1, -0.05) is 158 Å². The fourth-order valence-electron chi connectivity index (χ4n) is 12.3. The van der Waals surface area contributed by atoms with Gasteiger partial charge in [-0.25, -0.2) is 0 Å². The Morgan fingerprint density at radius 1 is 0.338 bits per heavy atom. The Morgan fingerprint density at radius 3 is 1.51 bits per heavy atom. The average Bonchev–Trinajstić information content (AvgIpc) is 3.92. The number of allylic oxidation sites excluding steroid dienone is 2. The molecule has 68 heavy (non-hydrogen) atoms. The third-order valence-electron chi connectivity index (χ3n) is 15.3. The standard InChI is InChI=1S/C65H39N3/c1-2-10-43-35-50(28-27-38(43)9-1)67-58-18-6-4-16-54(58)64-59(67)30-29-53-52-15-3-5-17-57(52)68(65(53)64)51-36-55(48-31-44-23-19-39-11-7-12-40-20-24-45(32-48)62(44)60(39)40)66-56(37-51)49-33-46-25-21-41-13-8-14-42-22-26-47(34-49)63(46)61(41)42/h1-37,55,66H. The van der Waals surface area contributed by atoms with Crippen LogP contribution in [0.2, 0.25) is 0 Å². The van der Waals surface area contributed by atoms with Gasteiger partial charge in [-0.3, -0.25) is 0 Å². The van der Waals surface area contributed by atoms with Crippen molar-refractivity contribution in [2.45, 2.75) is 6.04 Å². The van der Waals surface area contributed by atoms with E-state index in [1.54, 1.807) is 0 Å².